The van der Waals surface area contributed by atoms with Crippen LogP contribution in [-0.2, 0) is 18.2 Å². The van der Waals surface area contributed by atoms with Gasteiger partial charge in [0.2, 0.25) is 0 Å². The van der Waals surface area contributed by atoms with Gasteiger partial charge in [-0.25, -0.2) is 0 Å². The van der Waals surface area contributed by atoms with Crippen LogP contribution in [0.1, 0.15) is 52.4 Å². The fourth-order valence-electron chi connectivity index (χ4n) is 1.36. The molecule has 0 aliphatic carbocycles. The van der Waals surface area contributed by atoms with E-state index < -0.39 is 16.1 Å². The molecule has 0 aliphatic heterocycles. The summed E-state index contributed by atoms with van der Waals surface area (Å²) < 4.78 is 33.2. The Labute approximate surface area is 113 Å². The van der Waals surface area contributed by atoms with Crippen molar-refractivity contribution in [3.8, 4) is 0 Å². The predicted octanol–water partition coefficient (Wildman–Crippen LogP) is 4.35. The zero-order chi connectivity index (χ0) is 13.6. The zero-order valence-corrected chi connectivity index (χ0v) is 13.7. The molecular weight excluding hydrogens is 270 g/mol. The number of unbranched alkanes of at least 4 members (excludes halogenated alkanes) is 3. The number of hydrogen-bond acceptors (Lipinski definition) is 4. The molecule has 0 fully saturated rings. The van der Waals surface area contributed by atoms with Crippen LogP contribution in [0.2, 0.25) is 0 Å². The van der Waals surface area contributed by atoms with Crippen LogP contribution in [0.5, 0.6) is 0 Å². The van der Waals surface area contributed by atoms with Crippen LogP contribution < -0.4 is 0 Å². The molecule has 18 heavy (non-hydrogen) atoms. The van der Waals surface area contributed by atoms with E-state index >= 15 is 0 Å². The molecule has 0 aliphatic rings. The maximum absolute atomic E-state index is 11.3. The summed E-state index contributed by atoms with van der Waals surface area (Å²) in [4.78, 5) is 0. The van der Waals surface area contributed by atoms with E-state index in [0.717, 1.165) is 38.5 Å². The van der Waals surface area contributed by atoms with Crippen LogP contribution in [0.4, 0.5) is 0 Å². The molecule has 0 aromatic heterocycles. The Morgan fingerprint density at radius 1 is 0.722 bits per heavy atom. The Morgan fingerprint density at radius 2 is 1.11 bits per heavy atom. The molecule has 110 valence electrons. The summed E-state index contributed by atoms with van der Waals surface area (Å²) in [6, 6.07) is 0. The normalized spacial score (nSPS) is 14.6. The lowest BCUT2D eigenvalue weighted by molar-refractivity contribution is 0.278. The average Bonchev–Trinajstić information content (AvgIpc) is 2.37. The summed E-state index contributed by atoms with van der Waals surface area (Å²) in [6.45, 7) is 5.21. The lowest BCUT2D eigenvalue weighted by Gasteiger charge is -2.05. The molecule has 0 N–H and O–H groups in total. The van der Waals surface area contributed by atoms with Gasteiger partial charge in [-0.15, -0.1) is 0 Å². The van der Waals surface area contributed by atoms with E-state index in [0.29, 0.717) is 25.5 Å². The smallest absolute Gasteiger partial charge is 0.191 e. The standard InChI is InChI=1S/C12H28O4P2/c1-3-5-11-17(13)15-9-7-8-10-16-18(14)12-6-4-2/h17-18H,3-12H2,1-2H3. The van der Waals surface area contributed by atoms with Crippen molar-refractivity contribution < 1.29 is 18.2 Å². The van der Waals surface area contributed by atoms with Crippen LogP contribution in [0, 0.1) is 0 Å². The Bertz CT molecular complexity index is 210. The molecule has 4 nitrogen and oxygen atoms in total. The third kappa shape index (κ3) is 12.8. The SMILES string of the molecule is CCCC[PH](=O)OCCCCO[PH](=O)CCCC. The maximum Gasteiger partial charge on any atom is 0.191 e. The van der Waals surface area contributed by atoms with Gasteiger partial charge >= 0.3 is 0 Å². The molecule has 2 unspecified atom stereocenters. The average molecular weight is 298 g/mol. The van der Waals surface area contributed by atoms with Crippen LogP contribution in [0.25, 0.3) is 0 Å². The second-order valence-electron chi connectivity index (χ2n) is 4.36. The van der Waals surface area contributed by atoms with Gasteiger partial charge < -0.3 is 9.05 Å². The molecule has 0 spiro atoms. The minimum atomic E-state index is -1.81. The minimum absolute atomic E-state index is 0.529. The molecule has 6 heteroatoms. The van der Waals surface area contributed by atoms with Crippen molar-refractivity contribution in [1.82, 2.24) is 0 Å². The molecule has 2 atom stereocenters. The molecule has 0 heterocycles. The summed E-state index contributed by atoms with van der Waals surface area (Å²) >= 11 is 0. The lowest BCUT2D eigenvalue weighted by atomic mass is 10.3. The van der Waals surface area contributed by atoms with Gasteiger partial charge in [-0.05, 0) is 25.7 Å². The third-order valence-corrected chi connectivity index (χ3v) is 5.11. The van der Waals surface area contributed by atoms with Gasteiger partial charge in [0.15, 0.2) is 16.1 Å². The van der Waals surface area contributed by atoms with Crippen LogP contribution in [-0.4, -0.2) is 25.5 Å². The highest BCUT2D eigenvalue weighted by Crippen LogP contribution is 2.25. The zero-order valence-electron chi connectivity index (χ0n) is 11.7. The fourth-order valence-corrected chi connectivity index (χ4v) is 3.68. The summed E-state index contributed by atoms with van der Waals surface area (Å²) in [5.74, 6) is 0. The van der Waals surface area contributed by atoms with Crippen molar-refractivity contribution in [2.24, 2.45) is 0 Å². The third-order valence-electron chi connectivity index (χ3n) is 2.53. The van der Waals surface area contributed by atoms with E-state index in [1.165, 1.54) is 0 Å². The van der Waals surface area contributed by atoms with E-state index in [2.05, 4.69) is 13.8 Å². The van der Waals surface area contributed by atoms with Crippen molar-refractivity contribution in [3.05, 3.63) is 0 Å². The summed E-state index contributed by atoms with van der Waals surface area (Å²) in [5.41, 5.74) is 0. The van der Waals surface area contributed by atoms with Crippen molar-refractivity contribution in [2.45, 2.75) is 52.4 Å². The van der Waals surface area contributed by atoms with Crippen LogP contribution >= 0.6 is 16.1 Å². The van der Waals surface area contributed by atoms with Gasteiger partial charge in [0.25, 0.3) is 0 Å². The summed E-state index contributed by atoms with van der Waals surface area (Å²) in [7, 11) is -3.63. The largest absolute Gasteiger partial charge is 0.330 e. The number of rotatable bonds is 13. The predicted molar refractivity (Wildman–Crippen MR) is 78.7 cm³/mol. The molecular formula is C12H28O4P2. The van der Waals surface area contributed by atoms with Crippen molar-refractivity contribution in [3.63, 3.8) is 0 Å². The Balaban J connectivity index is 3.25. The first-order valence-electron chi connectivity index (χ1n) is 7.02. The van der Waals surface area contributed by atoms with E-state index in [-0.39, 0.29) is 0 Å². The van der Waals surface area contributed by atoms with Crippen molar-refractivity contribution in [1.29, 1.82) is 0 Å². The highest BCUT2D eigenvalue weighted by molar-refractivity contribution is 7.39. The van der Waals surface area contributed by atoms with Crippen molar-refractivity contribution in [2.75, 3.05) is 25.5 Å². The first kappa shape index (κ1) is 18.4. The molecule has 0 amide bonds. The first-order chi connectivity index (χ1) is 8.70. The molecule has 0 saturated heterocycles. The summed E-state index contributed by atoms with van der Waals surface area (Å²) in [6.07, 6.45) is 7.10. The Hall–Kier alpha value is 0.380. The topological polar surface area (TPSA) is 52.6 Å². The molecule has 0 saturated carbocycles. The highest BCUT2D eigenvalue weighted by atomic mass is 31.1. The van der Waals surface area contributed by atoms with Crippen molar-refractivity contribution >= 4 is 16.1 Å². The number of hydrogen-bond donors (Lipinski definition) is 0. The molecule has 0 radical (unpaired) electrons. The van der Waals surface area contributed by atoms with Gasteiger partial charge in [0.05, 0.1) is 13.2 Å². The van der Waals surface area contributed by atoms with Gasteiger partial charge in [0.1, 0.15) is 0 Å². The second kappa shape index (κ2) is 13.8. The first-order valence-corrected chi connectivity index (χ1v) is 10.1. The maximum atomic E-state index is 11.3. The van der Waals surface area contributed by atoms with Gasteiger partial charge in [-0.2, -0.15) is 0 Å². The van der Waals surface area contributed by atoms with E-state index in [1.807, 2.05) is 0 Å². The quantitative estimate of drug-likeness (QED) is 0.375. The van der Waals surface area contributed by atoms with Gasteiger partial charge in [-0.3, -0.25) is 9.13 Å². The second-order valence-corrected chi connectivity index (χ2v) is 7.42. The Kier molecular flexibility index (Phi) is 14.1. The van der Waals surface area contributed by atoms with Crippen LogP contribution in [0.15, 0.2) is 0 Å². The summed E-state index contributed by atoms with van der Waals surface area (Å²) in [5, 5.41) is 0. The fraction of sp³-hybridized carbons (Fsp3) is 1.00. The van der Waals surface area contributed by atoms with E-state index in [9.17, 15) is 9.13 Å². The monoisotopic (exact) mass is 298 g/mol. The van der Waals surface area contributed by atoms with E-state index in [1.54, 1.807) is 0 Å². The van der Waals surface area contributed by atoms with Crippen LogP contribution in [0.3, 0.4) is 0 Å². The molecule has 0 bridgehead atoms. The molecule has 0 aromatic rings. The minimum Gasteiger partial charge on any atom is -0.330 e. The molecule has 0 rings (SSSR count). The van der Waals surface area contributed by atoms with E-state index in [4.69, 9.17) is 9.05 Å². The lowest BCUT2D eigenvalue weighted by Crippen LogP contribution is -1.94. The van der Waals surface area contributed by atoms with Gasteiger partial charge in [0, 0.05) is 12.3 Å². The Morgan fingerprint density at radius 3 is 1.44 bits per heavy atom. The molecule has 0 aromatic carbocycles. The highest BCUT2D eigenvalue weighted by Gasteiger charge is 2.00. The van der Waals surface area contributed by atoms with Gasteiger partial charge in [-0.1, -0.05) is 26.7 Å².